The van der Waals surface area contributed by atoms with Gasteiger partial charge in [0.2, 0.25) is 0 Å². The summed E-state index contributed by atoms with van der Waals surface area (Å²) in [7, 11) is -2.94. The Morgan fingerprint density at radius 1 is 1.42 bits per heavy atom. The molecule has 1 N–H and O–H groups in total. The van der Waals surface area contributed by atoms with Gasteiger partial charge in [-0.1, -0.05) is 18.2 Å². The van der Waals surface area contributed by atoms with Gasteiger partial charge in [-0.2, -0.15) is 0 Å². The van der Waals surface area contributed by atoms with Crippen LogP contribution in [0, 0.1) is 0 Å². The van der Waals surface area contributed by atoms with Crippen molar-refractivity contribution >= 4 is 15.8 Å². The van der Waals surface area contributed by atoms with Crippen molar-refractivity contribution in [3.63, 3.8) is 0 Å². The van der Waals surface area contributed by atoms with Gasteiger partial charge in [-0.05, 0) is 18.6 Å². The molecule has 19 heavy (non-hydrogen) atoms. The molecule has 0 amide bonds. The van der Waals surface area contributed by atoms with Gasteiger partial charge in [0.25, 0.3) is 0 Å². The monoisotopic (exact) mass is 283 g/mol. The average molecular weight is 283 g/mol. The third kappa shape index (κ3) is 3.33. The van der Waals surface area contributed by atoms with Crippen LogP contribution in [-0.2, 0) is 16.4 Å². The first-order valence-corrected chi connectivity index (χ1v) is 7.97. The first-order chi connectivity index (χ1) is 8.89. The summed E-state index contributed by atoms with van der Waals surface area (Å²) in [5.41, 5.74) is 1.00. The van der Waals surface area contributed by atoms with E-state index in [2.05, 4.69) is 0 Å². The Balaban J connectivity index is 2.16. The van der Waals surface area contributed by atoms with Gasteiger partial charge < -0.3 is 5.11 Å². The third-order valence-corrected chi connectivity index (χ3v) is 5.22. The smallest absolute Gasteiger partial charge is 0.336 e. The van der Waals surface area contributed by atoms with E-state index < -0.39 is 15.8 Å². The highest BCUT2D eigenvalue weighted by molar-refractivity contribution is 7.91. The van der Waals surface area contributed by atoms with Crippen LogP contribution in [0.15, 0.2) is 24.3 Å². The molecular formula is C13H17NO4S. The minimum atomic E-state index is -2.94. The fourth-order valence-corrected chi connectivity index (χ4v) is 3.98. The van der Waals surface area contributed by atoms with E-state index in [-0.39, 0.29) is 23.1 Å². The third-order valence-electron chi connectivity index (χ3n) is 3.43. The van der Waals surface area contributed by atoms with Crippen molar-refractivity contribution in [2.24, 2.45) is 0 Å². The molecule has 0 saturated carbocycles. The molecule has 1 fully saturated rings. The molecule has 0 radical (unpaired) electrons. The number of rotatable bonds is 3. The van der Waals surface area contributed by atoms with Crippen LogP contribution in [-0.4, -0.2) is 48.5 Å². The molecule has 104 valence electrons. The van der Waals surface area contributed by atoms with Crippen molar-refractivity contribution in [2.45, 2.75) is 19.5 Å². The van der Waals surface area contributed by atoms with Gasteiger partial charge in [-0.15, -0.1) is 0 Å². The Morgan fingerprint density at radius 2 is 2.11 bits per heavy atom. The summed E-state index contributed by atoms with van der Waals surface area (Å²) in [6.07, 6.45) is 0. The lowest BCUT2D eigenvalue weighted by atomic mass is 10.1. The summed E-state index contributed by atoms with van der Waals surface area (Å²) >= 11 is 0. The summed E-state index contributed by atoms with van der Waals surface area (Å²) in [4.78, 5) is 13.2. The number of benzene rings is 1. The van der Waals surface area contributed by atoms with E-state index in [1.807, 2.05) is 11.8 Å². The van der Waals surface area contributed by atoms with E-state index in [0.717, 1.165) is 5.56 Å². The first-order valence-electron chi connectivity index (χ1n) is 6.15. The lowest BCUT2D eigenvalue weighted by molar-refractivity contribution is 0.0693. The standard InChI is InChI=1S/C13H17NO4S/c1-10-9-19(17,18)7-6-14(10)8-11-4-2-3-5-12(11)13(15)16/h2-5,10H,6-9H2,1H3,(H,15,16). The second kappa shape index (κ2) is 5.30. The van der Waals surface area contributed by atoms with Crippen molar-refractivity contribution in [1.82, 2.24) is 4.90 Å². The molecular weight excluding hydrogens is 266 g/mol. The number of nitrogens with zero attached hydrogens (tertiary/aromatic N) is 1. The van der Waals surface area contributed by atoms with E-state index in [1.165, 1.54) is 0 Å². The summed E-state index contributed by atoms with van der Waals surface area (Å²) in [5, 5.41) is 9.13. The van der Waals surface area contributed by atoms with Crippen molar-refractivity contribution in [2.75, 3.05) is 18.1 Å². The Bertz CT molecular complexity index is 582. The molecule has 5 nitrogen and oxygen atoms in total. The number of sulfone groups is 1. The lowest BCUT2D eigenvalue weighted by Gasteiger charge is -2.33. The maximum atomic E-state index is 11.5. The van der Waals surface area contributed by atoms with Crippen LogP contribution in [0.3, 0.4) is 0 Å². The van der Waals surface area contributed by atoms with Gasteiger partial charge in [0.15, 0.2) is 9.84 Å². The molecule has 6 heteroatoms. The zero-order valence-electron chi connectivity index (χ0n) is 10.7. The SMILES string of the molecule is CC1CS(=O)(=O)CCN1Cc1ccccc1C(=O)O. The molecule has 1 atom stereocenters. The quantitative estimate of drug-likeness (QED) is 0.896. The molecule has 1 aliphatic heterocycles. The first kappa shape index (κ1) is 14.0. The summed E-state index contributed by atoms with van der Waals surface area (Å²) < 4.78 is 23.0. The van der Waals surface area contributed by atoms with Gasteiger partial charge >= 0.3 is 5.97 Å². The molecule has 0 bridgehead atoms. The number of carbonyl (C=O) groups is 1. The highest BCUT2D eigenvalue weighted by Crippen LogP contribution is 2.17. The van der Waals surface area contributed by atoms with E-state index >= 15 is 0 Å². The maximum Gasteiger partial charge on any atom is 0.336 e. The maximum absolute atomic E-state index is 11.5. The molecule has 0 aromatic heterocycles. The van der Waals surface area contributed by atoms with Crippen LogP contribution in [0.1, 0.15) is 22.8 Å². The van der Waals surface area contributed by atoms with E-state index in [0.29, 0.717) is 13.1 Å². The highest BCUT2D eigenvalue weighted by Gasteiger charge is 2.28. The minimum absolute atomic E-state index is 0.0828. The highest BCUT2D eigenvalue weighted by atomic mass is 32.2. The predicted octanol–water partition coefficient (Wildman–Crippen LogP) is 1.00. The molecule has 1 unspecified atom stereocenters. The summed E-state index contributed by atoms with van der Waals surface area (Å²) in [6, 6.07) is 6.76. The number of hydrogen-bond acceptors (Lipinski definition) is 4. The molecule has 0 spiro atoms. The summed E-state index contributed by atoms with van der Waals surface area (Å²) in [5.74, 6) is -0.665. The fraction of sp³-hybridized carbons (Fsp3) is 0.462. The van der Waals surface area contributed by atoms with Crippen molar-refractivity contribution in [3.8, 4) is 0 Å². The zero-order valence-corrected chi connectivity index (χ0v) is 11.6. The average Bonchev–Trinajstić information content (AvgIpc) is 2.32. The topological polar surface area (TPSA) is 74.7 Å². The molecule has 0 aliphatic carbocycles. The van der Waals surface area contributed by atoms with Crippen molar-refractivity contribution < 1.29 is 18.3 Å². The molecule has 1 aromatic carbocycles. The normalized spacial score (nSPS) is 23.1. The Morgan fingerprint density at radius 3 is 2.74 bits per heavy atom. The number of carboxylic acid groups (broad SMARTS) is 1. The lowest BCUT2D eigenvalue weighted by Crippen LogP contribution is -2.46. The van der Waals surface area contributed by atoms with Gasteiger partial charge in [-0.3, -0.25) is 4.90 Å². The fourth-order valence-electron chi connectivity index (χ4n) is 2.35. The van der Waals surface area contributed by atoms with E-state index in [1.54, 1.807) is 24.3 Å². The minimum Gasteiger partial charge on any atom is -0.478 e. The predicted molar refractivity (Wildman–Crippen MR) is 71.9 cm³/mol. The Hall–Kier alpha value is -1.40. The molecule has 1 saturated heterocycles. The second-order valence-electron chi connectivity index (χ2n) is 4.90. The van der Waals surface area contributed by atoms with Crippen molar-refractivity contribution in [1.29, 1.82) is 0 Å². The Kier molecular flexibility index (Phi) is 3.91. The van der Waals surface area contributed by atoms with Crippen LogP contribution in [0.5, 0.6) is 0 Å². The largest absolute Gasteiger partial charge is 0.478 e. The van der Waals surface area contributed by atoms with Crippen LogP contribution in [0.2, 0.25) is 0 Å². The second-order valence-corrected chi connectivity index (χ2v) is 7.12. The van der Waals surface area contributed by atoms with Gasteiger partial charge in [0.05, 0.1) is 17.1 Å². The summed E-state index contributed by atoms with van der Waals surface area (Å²) in [6.45, 7) is 2.79. The van der Waals surface area contributed by atoms with E-state index in [4.69, 9.17) is 5.11 Å². The number of hydrogen-bond donors (Lipinski definition) is 1. The Labute approximate surface area is 112 Å². The molecule has 2 rings (SSSR count). The van der Waals surface area contributed by atoms with Crippen molar-refractivity contribution in [3.05, 3.63) is 35.4 Å². The van der Waals surface area contributed by atoms with Crippen LogP contribution in [0.4, 0.5) is 0 Å². The van der Waals surface area contributed by atoms with Crippen LogP contribution in [0.25, 0.3) is 0 Å². The number of aromatic carboxylic acids is 1. The molecule has 1 aliphatic rings. The van der Waals surface area contributed by atoms with Crippen LogP contribution >= 0.6 is 0 Å². The van der Waals surface area contributed by atoms with Gasteiger partial charge in [0, 0.05) is 19.1 Å². The number of carboxylic acids is 1. The van der Waals surface area contributed by atoms with E-state index in [9.17, 15) is 13.2 Å². The van der Waals surface area contributed by atoms with Gasteiger partial charge in [-0.25, -0.2) is 13.2 Å². The molecule has 1 aromatic rings. The zero-order chi connectivity index (χ0) is 14.0. The molecule has 1 heterocycles. The van der Waals surface area contributed by atoms with Crippen LogP contribution < -0.4 is 0 Å². The van der Waals surface area contributed by atoms with Gasteiger partial charge in [0.1, 0.15) is 0 Å².